The van der Waals surface area contributed by atoms with Crippen molar-refractivity contribution in [3.05, 3.63) is 12.2 Å². The predicted molar refractivity (Wildman–Crippen MR) is 58.0 cm³/mol. The van der Waals surface area contributed by atoms with E-state index in [0.29, 0.717) is 0 Å². The molecule has 0 atom stereocenters. The fraction of sp³-hybridized carbons (Fsp3) is 0.600. The van der Waals surface area contributed by atoms with Crippen molar-refractivity contribution in [3.63, 3.8) is 0 Å². The first-order valence-electron chi connectivity index (χ1n) is 5.11. The molecule has 0 aliphatic rings. The van der Waals surface area contributed by atoms with E-state index in [1.165, 1.54) is 6.08 Å². The summed E-state index contributed by atoms with van der Waals surface area (Å²) in [5.41, 5.74) is 5.28. The Kier molecular flexibility index (Phi) is 11.0. The number of carbonyl (C=O) groups is 2. The molecule has 106 valence electrons. The Bertz CT molecular complexity index is 277. The molecule has 0 saturated heterocycles. The van der Waals surface area contributed by atoms with Crippen molar-refractivity contribution < 1.29 is 33.0 Å². The van der Waals surface area contributed by atoms with Crippen LogP contribution in [0, 0.1) is 0 Å². The smallest absolute Gasteiger partial charge is 0.478 e. The average molecular weight is 271 g/mol. The molecule has 8 heteroatoms. The first-order valence-corrected chi connectivity index (χ1v) is 5.11. The largest absolute Gasteiger partial charge is 0.490 e. The van der Waals surface area contributed by atoms with Crippen LogP contribution in [-0.4, -0.2) is 34.9 Å². The van der Waals surface area contributed by atoms with Crippen LogP contribution < -0.4 is 5.73 Å². The van der Waals surface area contributed by atoms with Gasteiger partial charge >= 0.3 is 18.1 Å². The molecule has 0 rings (SSSR count). The van der Waals surface area contributed by atoms with E-state index in [9.17, 15) is 18.0 Å². The van der Waals surface area contributed by atoms with Gasteiger partial charge in [0, 0.05) is 6.08 Å². The molecule has 0 aliphatic carbocycles. The van der Waals surface area contributed by atoms with Gasteiger partial charge in [-0.05, 0) is 25.8 Å². The number of carboxylic acids is 2. The van der Waals surface area contributed by atoms with Crippen molar-refractivity contribution >= 4 is 11.9 Å². The molecular weight excluding hydrogens is 255 g/mol. The third-order valence-corrected chi connectivity index (χ3v) is 1.58. The van der Waals surface area contributed by atoms with Gasteiger partial charge in [0.15, 0.2) is 0 Å². The lowest BCUT2D eigenvalue weighted by Gasteiger charge is -1.93. The normalized spacial score (nSPS) is 10.9. The number of halogens is 3. The summed E-state index contributed by atoms with van der Waals surface area (Å²) in [5, 5.41) is 15.3. The molecule has 0 heterocycles. The van der Waals surface area contributed by atoms with Crippen LogP contribution in [0.2, 0.25) is 0 Å². The van der Waals surface area contributed by atoms with Crippen LogP contribution in [0.4, 0.5) is 13.2 Å². The Morgan fingerprint density at radius 1 is 1.11 bits per heavy atom. The number of allylic oxidation sites excluding steroid dienone is 1. The van der Waals surface area contributed by atoms with Crippen LogP contribution in [0.25, 0.3) is 0 Å². The molecule has 18 heavy (non-hydrogen) atoms. The number of aliphatic carboxylic acids is 2. The zero-order chi connectivity index (χ0) is 14.6. The SMILES string of the molecule is NCCCCCC=CC(=O)O.O=C(O)C(F)(F)F. The molecule has 4 N–H and O–H groups in total. The quantitative estimate of drug-likeness (QED) is 0.505. The summed E-state index contributed by atoms with van der Waals surface area (Å²) < 4.78 is 31.7. The van der Waals surface area contributed by atoms with E-state index in [1.54, 1.807) is 6.08 Å². The molecule has 0 fully saturated rings. The Morgan fingerprint density at radius 2 is 1.61 bits per heavy atom. The van der Waals surface area contributed by atoms with Crippen LogP contribution in [-0.2, 0) is 9.59 Å². The van der Waals surface area contributed by atoms with Gasteiger partial charge in [0.2, 0.25) is 0 Å². The highest BCUT2D eigenvalue weighted by Crippen LogP contribution is 2.13. The highest BCUT2D eigenvalue weighted by molar-refractivity contribution is 5.79. The summed E-state index contributed by atoms with van der Waals surface area (Å²) in [6.45, 7) is 0.725. The van der Waals surface area contributed by atoms with Gasteiger partial charge < -0.3 is 15.9 Å². The van der Waals surface area contributed by atoms with Gasteiger partial charge in [-0.3, -0.25) is 0 Å². The molecule has 0 aromatic heterocycles. The summed E-state index contributed by atoms with van der Waals surface area (Å²) in [6.07, 6.45) is 1.76. The molecule has 0 saturated carbocycles. The summed E-state index contributed by atoms with van der Waals surface area (Å²) in [5.74, 6) is -3.63. The van der Waals surface area contributed by atoms with E-state index in [2.05, 4.69) is 0 Å². The second kappa shape index (κ2) is 10.6. The zero-order valence-electron chi connectivity index (χ0n) is 9.61. The van der Waals surface area contributed by atoms with Crippen molar-refractivity contribution in [2.45, 2.75) is 31.9 Å². The number of hydrogen-bond donors (Lipinski definition) is 3. The second-order valence-corrected chi connectivity index (χ2v) is 3.18. The van der Waals surface area contributed by atoms with Crippen molar-refractivity contribution in [2.75, 3.05) is 6.54 Å². The maximum absolute atomic E-state index is 10.6. The Morgan fingerprint density at radius 3 is 1.94 bits per heavy atom. The third-order valence-electron chi connectivity index (χ3n) is 1.58. The van der Waals surface area contributed by atoms with Crippen molar-refractivity contribution in [3.8, 4) is 0 Å². The van der Waals surface area contributed by atoms with Crippen molar-refractivity contribution in [1.29, 1.82) is 0 Å². The molecule has 0 spiro atoms. The molecule has 0 amide bonds. The molecule has 0 radical (unpaired) electrons. The Labute approximate surface area is 102 Å². The second-order valence-electron chi connectivity index (χ2n) is 3.18. The highest BCUT2D eigenvalue weighted by Gasteiger charge is 2.38. The number of hydrogen-bond acceptors (Lipinski definition) is 3. The van der Waals surface area contributed by atoms with Gasteiger partial charge in [0.25, 0.3) is 0 Å². The standard InChI is InChI=1S/C8H15NO2.C2HF3O2/c9-7-5-3-1-2-4-6-8(10)11;3-2(4,5)1(6)7/h4,6H,1-3,5,7,9H2,(H,10,11);(H,6,7). The maximum Gasteiger partial charge on any atom is 0.490 e. The van der Waals surface area contributed by atoms with Gasteiger partial charge in [0.1, 0.15) is 0 Å². The summed E-state index contributed by atoms with van der Waals surface area (Å²) in [7, 11) is 0. The van der Waals surface area contributed by atoms with E-state index in [4.69, 9.17) is 20.7 Å². The minimum absolute atomic E-state index is 0.725. The van der Waals surface area contributed by atoms with Crippen molar-refractivity contribution in [1.82, 2.24) is 0 Å². The topological polar surface area (TPSA) is 101 Å². The number of carboxylic acid groups (broad SMARTS) is 2. The van der Waals surface area contributed by atoms with Gasteiger partial charge in [-0.15, -0.1) is 0 Å². The van der Waals surface area contributed by atoms with E-state index < -0.39 is 18.1 Å². The maximum atomic E-state index is 10.6. The van der Waals surface area contributed by atoms with E-state index in [1.807, 2.05) is 0 Å². The lowest BCUT2D eigenvalue weighted by Crippen LogP contribution is -2.21. The molecule has 5 nitrogen and oxygen atoms in total. The van der Waals surface area contributed by atoms with Gasteiger partial charge in [-0.25, -0.2) is 9.59 Å². The minimum Gasteiger partial charge on any atom is -0.478 e. The molecular formula is C10H16F3NO4. The molecule has 0 aromatic carbocycles. The first-order chi connectivity index (χ1) is 8.21. The summed E-state index contributed by atoms with van der Waals surface area (Å²) in [4.78, 5) is 18.9. The summed E-state index contributed by atoms with van der Waals surface area (Å²) in [6, 6.07) is 0. The number of nitrogens with two attached hydrogens (primary N) is 1. The number of unbranched alkanes of at least 4 members (excludes halogenated alkanes) is 3. The molecule has 0 unspecified atom stereocenters. The molecule has 0 aromatic rings. The van der Waals surface area contributed by atoms with Crippen LogP contribution >= 0.6 is 0 Å². The van der Waals surface area contributed by atoms with Gasteiger partial charge in [-0.1, -0.05) is 12.5 Å². The fourth-order valence-electron chi connectivity index (χ4n) is 0.767. The Balaban J connectivity index is 0. The fourth-order valence-corrected chi connectivity index (χ4v) is 0.767. The minimum atomic E-state index is -5.08. The van der Waals surface area contributed by atoms with Crippen LogP contribution in [0.15, 0.2) is 12.2 Å². The van der Waals surface area contributed by atoms with Crippen molar-refractivity contribution in [2.24, 2.45) is 5.73 Å². The van der Waals surface area contributed by atoms with E-state index >= 15 is 0 Å². The molecule has 0 bridgehead atoms. The lowest BCUT2D eigenvalue weighted by molar-refractivity contribution is -0.192. The average Bonchev–Trinajstić information content (AvgIpc) is 2.22. The monoisotopic (exact) mass is 271 g/mol. The van der Waals surface area contributed by atoms with Gasteiger partial charge in [-0.2, -0.15) is 13.2 Å². The number of alkyl halides is 3. The highest BCUT2D eigenvalue weighted by atomic mass is 19.4. The first kappa shape index (κ1) is 18.8. The summed E-state index contributed by atoms with van der Waals surface area (Å²) >= 11 is 0. The predicted octanol–water partition coefficient (Wildman–Crippen LogP) is 1.78. The van der Waals surface area contributed by atoms with E-state index in [-0.39, 0.29) is 0 Å². The van der Waals surface area contributed by atoms with Crippen LogP contribution in [0.1, 0.15) is 25.7 Å². The zero-order valence-corrected chi connectivity index (χ0v) is 9.61. The van der Waals surface area contributed by atoms with Gasteiger partial charge in [0.05, 0.1) is 0 Å². The van der Waals surface area contributed by atoms with E-state index in [0.717, 1.165) is 32.2 Å². The van der Waals surface area contributed by atoms with Crippen LogP contribution in [0.5, 0.6) is 0 Å². The number of rotatable bonds is 6. The van der Waals surface area contributed by atoms with Crippen LogP contribution in [0.3, 0.4) is 0 Å². The lowest BCUT2D eigenvalue weighted by atomic mass is 10.2. The molecule has 0 aliphatic heterocycles. The third kappa shape index (κ3) is 16.8. The Hall–Kier alpha value is -1.57.